The van der Waals surface area contributed by atoms with Gasteiger partial charge >= 0.3 is 5.97 Å². The lowest BCUT2D eigenvalue weighted by atomic mass is 10.1. The Labute approximate surface area is 219 Å². The fourth-order valence-corrected chi connectivity index (χ4v) is 5.96. The molecule has 0 atom stereocenters. The van der Waals surface area contributed by atoms with E-state index in [4.69, 9.17) is 0 Å². The number of benzene rings is 2. The summed E-state index contributed by atoms with van der Waals surface area (Å²) in [5.41, 5.74) is 4.54. The number of aromatic carboxylic acids is 1. The number of carboxylic acids is 1. The van der Waals surface area contributed by atoms with Crippen molar-refractivity contribution in [2.24, 2.45) is 0 Å². The molecule has 0 aliphatic rings. The summed E-state index contributed by atoms with van der Waals surface area (Å²) in [6.07, 6.45) is 3.96. The minimum absolute atomic E-state index is 0. The molecule has 5 rings (SSSR count). The Bertz CT molecular complexity index is 1760. The average Bonchev–Trinajstić information content (AvgIpc) is 3.58. The van der Waals surface area contributed by atoms with Gasteiger partial charge < -0.3 is 9.67 Å². The second kappa shape index (κ2) is 9.68. The van der Waals surface area contributed by atoms with Crippen molar-refractivity contribution in [1.82, 2.24) is 4.57 Å². The lowest BCUT2D eigenvalue weighted by Crippen LogP contribution is -1.92. The summed E-state index contributed by atoms with van der Waals surface area (Å²) in [7, 11) is 0. The van der Waals surface area contributed by atoms with Gasteiger partial charge in [0, 0.05) is 55.7 Å². The molecule has 0 aliphatic carbocycles. The molecular formula is C30H31NO2S2. The molecule has 2 aromatic carbocycles. The first-order chi connectivity index (χ1) is 17.1. The standard InChI is InChI=1S/C30H21NO2S2.5H2/c1-3-5-6-9-20-19-29(35-27(20)16-13-22-14-17-28(34-22)30(32)33)21-12-15-26-24(18-21)23-10-7-8-11-25(23)31(26)4-2;;;;;/h7-8,10-19H,4H2,1-2H3,(H,32,33);5*1H/b16-13+;;;;;. The third kappa shape index (κ3) is 4.40. The molecule has 5 heteroatoms. The van der Waals surface area contributed by atoms with Crippen molar-refractivity contribution in [1.29, 1.82) is 0 Å². The maximum Gasteiger partial charge on any atom is 0.345 e. The van der Waals surface area contributed by atoms with Gasteiger partial charge in [0.25, 0.3) is 0 Å². The molecule has 0 radical (unpaired) electrons. The van der Waals surface area contributed by atoms with Crippen LogP contribution in [-0.2, 0) is 6.54 Å². The van der Waals surface area contributed by atoms with Crippen LogP contribution in [0.15, 0.2) is 60.7 Å². The predicted octanol–water partition coefficient (Wildman–Crippen LogP) is 9.08. The Hall–Kier alpha value is -4.03. The van der Waals surface area contributed by atoms with E-state index >= 15 is 0 Å². The summed E-state index contributed by atoms with van der Waals surface area (Å²) >= 11 is 2.93. The summed E-state index contributed by atoms with van der Waals surface area (Å²) in [6, 6.07) is 20.8. The third-order valence-corrected chi connectivity index (χ3v) is 7.94. The molecule has 1 N–H and O–H groups in total. The van der Waals surface area contributed by atoms with Gasteiger partial charge in [-0.05, 0) is 79.8 Å². The topological polar surface area (TPSA) is 42.2 Å². The zero-order valence-electron chi connectivity index (χ0n) is 19.3. The van der Waals surface area contributed by atoms with Crippen LogP contribution >= 0.6 is 22.7 Å². The van der Waals surface area contributed by atoms with Crippen molar-refractivity contribution in [2.75, 3.05) is 0 Å². The monoisotopic (exact) mass is 501 g/mol. The molecule has 3 nitrogen and oxygen atoms in total. The van der Waals surface area contributed by atoms with Gasteiger partial charge in [-0.2, -0.15) is 0 Å². The number of para-hydroxylation sites is 1. The van der Waals surface area contributed by atoms with Crippen LogP contribution in [0.3, 0.4) is 0 Å². The number of thiophene rings is 2. The van der Waals surface area contributed by atoms with Crippen molar-refractivity contribution in [3.8, 4) is 34.1 Å². The Balaban J connectivity index is 0.00000304. The number of hydrogen-bond donors (Lipinski definition) is 1. The first kappa shape index (κ1) is 22.7. The molecule has 5 aromatic rings. The van der Waals surface area contributed by atoms with Crippen molar-refractivity contribution in [2.45, 2.75) is 20.4 Å². The molecule has 0 spiro atoms. The predicted molar refractivity (Wildman–Crippen MR) is 160 cm³/mol. The van der Waals surface area contributed by atoms with Crippen molar-refractivity contribution in [3.63, 3.8) is 0 Å². The van der Waals surface area contributed by atoms with Crippen LogP contribution in [0.4, 0.5) is 0 Å². The van der Waals surface area contributed by atoms with Gasteiger partial charge in [-0.3, -0.25) is 0 Å². The van der Waals surface area contributed by atoms with E-state index < -0.39 is 5.97 Å². The van der Waals surface area contributed by atoms with E-state index in [0.29, 0.717) is 4.88 Å². The fraction of sp³-hybridized carbons (Fsp3) is 0.100. The highest BCUT2D eigenvalue weighted by Crippen LogP contribution is 2.37. The summed E-state index contributed by atoms with van der Waals surface area (Å²) in [5, 5.41) is 11.7. The summed E-state index contributed by atoms with van der Waals surface area (Å²) in [6.45, 7) is 4.87. The van der Waals surface area contributed by atoms with Crippen LogP contribution in [0.2, 0.25) is 0 Å². The molecule has 3 heterocycles. The Morgan fingerprint density at radius 1 is 1.00 bits per heavy atom. The lowest BCUT2D eigenvalue weighted by molar-refractivity contribution is 0.0702. The number of aryl methyl sites for hydroxylation is 1. The van der Waals surface area contributed by atoms with Crippen LogP contribution in [-0.4, -0.2) is 15.6 Å². The van der Waals surface area contributed by atoms with Gasteiger partial charge in [0.2, 0.25) is 0 Å². The van der Waals surface area contributed by atoms with Gasteiger partial charge in [-0.1, -0.05) is 36.1 Å². The van der Waals surface area contributed by atoms with E-state index in [1.54, 1.807) is 24.3 Å². The molecule has 0 fully saturated rings. The molecular weight excluding hydrogens is 470 g/mol. The van der Waals surface area contributed by atoms with Gasteiger partial charge in [0.15, 0.2) is 0 Å². The van der Waals surface area contributed by atoms with Crippen molar-refractivity contribution < 1.29 is 17.0 Å². The van der Waals surface area contributed by atoms with E-state index in [1.807, 2.05) is 18.2 Å². The van der Waals surface area contributed by atoms with E-state index in [0.717, 1.165) is 32.3 Å². The zero-order chi connectivity index (χ0) is 24.4. The van der Waals surface area contributed by atoms with Crippen LogP contribution in [0.1, 0.15) is 46.0 Å². The normalized spacial score (nSPS) is 10.9. The number of nitrogens with zero attached hydrogens (tertiary/aromatic N) is 1. The second-order valence-electron chi connectivity index (χ2n) is 7.85. The van der Waals surface area contributed by atoms with Crippen molar-refractivity contribution in [3.05, 3.63) is 80.9 Å². The van der Waals surface area contributed by atoms with Crippen LogP contribution in [0.5, 0.6) is 0 Å². The first-order valence-corrected chi connectivity index (χ1v) is 12.8. The lowest BCUT2D eigenvalue weighted by Gasteiger charge is -2.03. The number of carboxylic acid groups (broad SMARTS) is 1. The molecule has 3 aromatic heterocycles. The summed E-state index contributed by atoms with van der Waals surface area (Å²) in [4.78, 5) is 14.6. The Morgan fingerprint density at radius 3 is 2.60 bits per heavy atom. The second-order valence-corrected chi connectivity index (χ2v) is 10.0. The quantitative estimate of drug-likeness (QED) is 0.244. The average molecular weight is 502 g/mol. The van der Waals surface area contributed by atoms with Gasteiger partial charge in [-0.15, -0.1) is 22.7 Å². The molecule has 0 aliphatic heterocycles. The van der Waals surface area contributed by atoms with Crippen molar-refractivity contribution >= 4 is 62.6 Å². The first-order valence-electron chi connectivity index (χ1n) is 11.2. The highest BCUT2D eigenvalue weighted by atomic mass is 32.1. The van der Waals surface area contributed by atoms with Crippen LogP contribution in [0.25, 0.3) is 44.4 Å². The van der Waals surface area contributed by atoms with E-state index in [1.165, 1.54) is 33.1 Å². The SMILES string of the molecule is CC#CC#Cc1cc(-c2ccc3c(c2)c2ccccc2n3CC)sc1/C=C/c1ccc(C(=O)O)s1.[HH].[HH].[HH].[HH].[HH]. The Kier molecular flexibility index (Phi) is 6.29. The minimum atomic E-state index is -0.905. The smallest absolute Gasteiger partial charge is 0.345 e. The number of rotatable bonds is 5. The molecule has 0 amide bonds. The molecule has 35 heavy (non-hydrogen) atoms. The highest BCUT2D eigenvalue weighted by Gasteiger charge is 2.13. The van der Waals surface area contributed by atoms with E-state index in [9.17, 15) is 9.90 Å². The fourth-order valence-electron chi connectivity index (χ4n) is 4.19. The largest absolute Gasteiger partial charge is 0.477 e. The molecule has 0 unspecified atom stereocenters. The van der Waals surface area contributed by atoms with E-state index in [2.05, 4.69) is 83.7 Å². The van der Waals surface area contributed by atoms with Crippen LogP contribution in [0, 0.1) is 23.7 Å². The van der Waals surface area contributed by atoms with E-state index in [-0.39, 0.29) is 7.13 Å². The minimum Gasteiger partial charge on any atom is -0.477 e. The third-order valence-electron chi connectivity index (χ3n) is 5.76. The number of hydrogen-bond acceptors (Lipinski definition) is 3. The molecule has 180 valence electrons. The molecule has 0 saturated heterocycles. The summed E-state index contributed by atoms with van der Waals surface area (Å²) < 4.78 is 2.35. The zero-order valence-corrected chi connectivity index (χ0v) is 20.9. The molecule has 0 bridgehead atoms. The van der Waals surface area contributed by atoms with Gasteiger partial charge in [0.05, 0.1) is 0 Å². The maximum atomic E-state index is 11.2. The maximum absolute atomic E-state index is 11.2. The molecule has 0 saturated carbocycles. The number of carbonyl (C=O) groups is 1. The van der Waals surface area contributed by atoms with Crippen LogP contribution < -0.4 is 0 Å². The Morgan fingerprint density at radius 2 is 1.83 bits per heavy atom. The summed E-state index contributed by atoms with van der Waals surface area (Å²) in [5.74, 6) is 10.8. The highest BCUT2D eigenvalue weighted by molar-refractivity contribution is 7.17. The number of fused-ring (bicyclic) bond motifs is 3. The number of aromatic nitrogens is 1. The van der Waals surface area contributed by atoms with Gasteiger partial charge in [-0.25, -0.2) is 4.79 Å². The van der Waals surface area contributed by atoms with Gasteiger partial charge in [0.1, 0.15) is 4.88 Å².